The summed E-state index contributed by atoms with van der Waals surface area (Å²) in [6, 6.07) is 5.53. The first-order valence-corrected chi connectivity index (χ1v) is 9.45. The number of nitrogens with one attached hydrogen (secondary N) is 2. The van der Waals surface area contributed by atoms with Gasteiger partial charge in [-0.3, -0.25) is 14.4 Å². The zero-order valence-electron chi connectivity index (χ0n) is 13.7. The first-order chi connectivity index (χ1) is 11.9. The van der Waals surface area contributed by atoms with Gasteiger partial charge in [-0.15, -0.1) is 10.2 Å². The molecule has 0 aromatic heterocycles. The zero-order chi connectivity index (χ0) is 18.0. The van der Waals surface area contributed by atoms with Crippen molar-refractivity contribution < 1.29 is 14.4 Å². The van der Waals surface area contributed by atoms with Crippen LogP contribution in [0.3, 0.4) is 0 Å². The number of thioether (sulfide) groups is 2. The van der Waals surface area contributed by atoms with Crippen LogP contribution in [-0.4, -0.2) is 38.9 Å². The largest absolute Gasteiger partial charge is 0.303 e. The molecule has 2 aliphatic rings. The van der Waals surface area contributed by atoms with E-state index in [2.05, 4.69) is 20.8 Å². The van der Waals surface area contributed by atoms with Gasteiger partial charge >= 0.3 is 0 Å². The molecule has 2 saturated heterocycles. The predicted molar refractivity (Wildman–Crippen MR) is 99.9 cm³/mol. The summed E-state index contributed by atoms with van der Waals surface area (Å²) in [7, 11) is 0. The fraction of sp³-hybridized carbons (Fsp3) is 0.312. The number of Topliss-reactive ketones (excluding diaryl/α,β-unsaturated/α-hetero) is 1. The molecule has 2 amide bonds. The van der Waals surface area contributed by atoms with Gasteiger partial charge in [-0.05, 0) is 31.0 Å². The molecule has 1 atom stereocenters. The summed E-state index contributed by atoms with van der Waals surface area (Å²) < 4.78 is 0. The number of aryl methyl sites for hydroxylation is 2. The average molecular weight is 376 g/mol. The standard InChI is InChI=1S/C16H16N4O3S2/c1-8-3-4-10(5-9(8)2)11(21)6-12-14(23)18-16(25-12)20-19-15-17-13(22)7-24-15/h3-5,12H,6-7H2,1-2H3,(H,17,19,22)(H,18,20,23). The lowest BCUT2D eigenvalue weighted by Gasteiger charge is -2.06. The van der Waals surface area contributed by atoms with Gasteiger partial charge in [0.25, 0.3) is 0 Å². The van der Waals surface area contributed by atoms with Crippen LogP contribution >= 0.6 is 23.5 Å². The molecule has 1 unspecified atom stereocenters. The number of nitrogens with zero attached hydrogens (tertiary/aromatic N) is 2. The Morgan fingerprint density at radius 2 is 1.92 bits per heavy atom. The van der Waals surface area contributed by atoms with Crippen LogP contribution < -0.4 is 10.6 Å². The molecule has 2 fully saturated rings. The number of benzene rings is 1. The summed E-state index contributed by atoms with van der Waals surface area (Å²) in [6.45, 7) is 3.94. The smallest absolute Gasteiger partial charge is 0.240 e. The predicted octanol–water partition coefficient (Wildman–Crippen LogP) is 1.60. The molecule has 0 saturated carbocycles. The second kappa shape index (κ2) is 7.40. The molecule has 25 heavy (non-hydrogen) atoms. The topological polar surface area (TPSA) is 100.0 Å². The number of rotatable bonds is 4. The fourth-order valence-electron chi connectivity index (χ4n) is 2.26. The Morgan fingerprint density at radius 3 is 2.60 bits per heavy atom. The molecule has 0 spiro atoms. The summed E-state index contributed by atoms with van der Waals surface area (Å²) in [5.41, 5.74) is 2.77. The van der Waals surface area contributed by atoms with Crippen molar-refractivity contribution >= 4 is 51.5 Å². The quantitative estimate of drug-likeness (QED) is 0.614. The van der Waals surface area contributed by atoms with Crippen LogP contribution in [0.15, 0.2) is 28.4 Å². The molecule has 7 nitrogen and oxygen atoms in total. The molecule has 9 heteroatoms. The highest BCUT2D eigenvalue weighted by molar-refractivity contribution is 8.15. The summed E-state index contributed by atoms with van der Waals surface area (Å²) in [5, 5.41) is 13.2. The summed E-state index contributed by atoms with van der Waals surface area (Å²) in [4.78, 5) is 35.5. The van der Waals surface area contributed by atoms with E-state index in [9.17, 15) is 14.4 Å². The molecule has 1 aromatic rings. The summed E-state index contributed by atoms with van der Waals surface area (Å²) >= 11 is 2.42. The first-order valence-electron chi connectivity index (χ1n) is 7.58. The minimum Gasteiger partial charge on any atom is -0.303 e. The van der Waals surface area contributed by atoms with Crippen LogP contribution in [0.5, 0.6) is 0 Å². The third-order valence-corrected chi connectivity index (χ3v) is 5.73. The fourth-order valence-corrected chi connectivity index (χ4v) is 3.80. The normalized spacial score (nSPS) is 23.2. The van der Waals surface area contributed by atoms with Crippen LogP contribution in [0, 0.1) is 13.8 Å². The van der Waals surface area contributed by atoms with E-state index in [0.29, 0.717) is 21.7 Å². The van der Waals surface area contributed by atoms with Crippen molar-refractivity contribution in [3.63, 3.8) is 0 Å². The minimum absolute atomic E-state index is 0.0816. The number of amidine groups is 2. The Bertz CT molecular complexity index is 820. The number of carbonyl (C=O) groups is 3. The van der Waals surface area contributed by atoms with Crippen molar-refractivity contribution in [2.24, 2.45) is 10.2 Å². The van der Waals surface area contributed by atoms with Gasteiger partial charge in [0.2, 0.25) is 11.8 Å². The Hall–Kier alpha value is -2.13. The molecule has 0 bridgehead atoms. The molecule has 2 heterocycles. The Morgan fingerprint density at radius 1 is 1.16 bits per heavy atom. The lowest BCUT2D eigenvalue weighted by Crippen LogP contribution is -2.26. The number of carbonyl (C=O) groups excluding carboxylic acids is 3. The number of ketones is 1. The average Bonchev–Trinajstić information content (AvgIpc) is 3.14. The van der Waals surface area contributed by atoms with Gasteiger partial charge in [0.15, 0.2) is 16.1 Å². The molecule has 3 rings (SSSR count). The number of hydrogen-bond donors (Lipinski definition) is 2. The Balaban J connectivity index is 1.63. The summed E-state index contributed by atoms with van der Waals surface area (Å²) in [5.74, 6) is -0.147. The molecular weight excluding hydrogens is 360 g/mol. The lowest BCUT2D eigenvalue weighted by atomic mass is 10.0. The lowest BCUT2D eigenvalue weighted by molar-refractivity contribution is -0.119. The van der Waals surface area contributed by atoms with E-state index < -0.39 is 5.25 Å². The second-order valence-corrected chi connectivity index (χ2v) is 7.82. The molecule has 130 valence electrons. The van der Waals surface area contributed by atoms with E-state index in [-0.39, 0.29) is 24.0 Å². The molecular formula is C16H16N4O3S2. The maximum absolute atomic E-state index is 12.4. The third-order valence-electron chi connectivity index (χ3n) is 3.79. The van der Waals surface area contributed by atoms with E-state index in [4.69, 9.17) is 0 Å². The van der Waals surface area contributed by atoms with Crippen molar-refractivity contribution in [1.82, 2.24) is 10.6 Å². The third kappa shape index (κ3) is 4.29. The summed E-state index contributed by atoms with van der Waals surface area (Å²) in [6.07, 6.45) is 0.0973. The maximum Gasteiger partial charge on any atom is 0.240 e. The van der Waals surface area contributed by atoms with Crippen molar-refractivity contribution in [2.45, 2.75) is 25.5 Å². The van der Waals surface area contributed by atoms with Crippen LogP contribution in [0.25, 0.3) is 0 Å². The van der Waals surface area contributed by atoms with Crippen molar-refractivity contribution in [2.75, 3.05) is 5.75 Å². The monoisotopic (exact) mass is 376 g/mol. The Labute approximate surface area is 153 Å². The van der Waals surface area contributed by atoms with Gasteiger partial charge in [-0.2, -0.15) is 0 Å². The van der Waals surface area contributed by atoms with Crippen LogP contribution in [0.1, 0.15) is 27.9 Å². The molecule has 0 radical (unpaired) electrons. The van der Waals surface area contributed by atoms with Crippen LogP contribution in [0.2, 0.25) is 0 Å². The number of hydrogen-bond acceptors (Lipinski definition) is 7. The van der Waals surface area contributed by atoms with Gasteiger partial charge in [-0.1, -0.05) is 35.7 Å². The first kappa shape index (κ1) is 17.7. The number of amides is 2. The van der Waals surface area contributed by atoms with Gasteiger partial charge in [0, 0.05) is 12.0 Å². The molecule has 0 aliphatic carbocycles. The Kier molecular flexibility index (Phi) is 5.24. The molecule has 2 aliphatic heterocycles. The SMILES string of the molecule is Cc1ccc(C(=O)CC2SC(=NN=C3NC(=O)CS3)NC2=O)cc1C. The van der Waals surface area contributed by atoms with E-state index in [1.165, 1.54) is 23.5 Å². The van der Waals surface area contributed by atoms with E-state index >= 15 is 0 Å². The van der Waals surface area contributed by atoms with Crippen molar-refractivity contribution in [3.8, 4) is 0 Å². The van der Waals surface area contributed by atoms with Gasteiger partial charge < -0.3 is 10.6 Å². The van der Waals surface area contributed by atoms with E-state index in [1.54, 1.807) is 6.07 Å². The molecule has 2 N–H and O–H groups in total. The van der Waals surface area contributed by atoms with Crippen LogP contribution in [0.4, 0.5) is 0 Å². The van der Waals surface area contributed by atoms with Gasteiger partial charge in [-0.25, -0.2) is 0 Å². The highest BCUT2D eigenvalue weighted by Gasteiger charge is 2.32. The van der Waals surface area contributed by atoms with Crippen molar-refractivity contribution in [3.05, 3.63) is 34.9 Å². The second-order valence-electron chi connectivity index (χ2n) is 5.67. The molecule has 1 aromatic carbocycles. The van der Waals surface area contributed by atoms with Gasteiger partial charge in [0.1, 0.15) is 0 Å². The highest BCUT2D eigenvalue weighted by atomic mass is 32.2. The highest BCUT2D eigenvalue weighted by Crippen LogP contribution is 2.25. The zero-order valence-corrected chi connectivity index (χ0v) is 15.3. The van der Waals surface area contributed by atoms with E-state index in [1.807, 2.05) is 26.0 Å². The maximum atomic E-state index is 12.4. The van der Waals surface area contributed by atoms with Crippen LogP contribution in [-0.2, 0) is 9.59 Å². The van der Waals surface area contributed by atoms with Crippen molar-refractivity contribution in [1.29, 1.82) is 0 Å². The minimum atomic E-state index is -0.529. The van der Waals surface area contributed by atoms with Gasteiger partial charge in [0.05, 0.1) is 11.0 Å². The van der Waals surface area contributed by atoms with E-state index in [0.717, 1.165) is 11.1 Å².